The average Bonchev–Trinajstić information content (AvgIpc) is 2.64. The molecule has 26 heavy (non-hydrogen) atoms. The lowest BCUT2D eigenvalue weighted by Crippen LogP contribution is -2.60. The molecule has 2 fully saturated rings. The van der Waals surface area contributed by atoms with Crippen LogP contribution < -0.4 is 10.2 Å². The Labute approximate surface area is 150 Å². The predicted octanol–water partition coefficient (Wildman–Crippen LogP) is 1.64. The summed E-state index contributed by atoms with van der Waals surface area (Å²) in [6, 6.07) is 2.32. The summed E-state index contributed by atoms with van der Waals surface area (Å²) in [7, 11) is 0. The molecule has 9 heteroatoms. The second-order valence-electron chi connectivity index (χ2n) is 6.73. The monoisotopic (exact) mass is 368 g/mol. The maximum atomic E-state index is 13.2. The number of carbonyl (C=O) groups is 2. The molecule has 0 radical (unpaired) electrons. The second-order valence-corrected chi connectivity index (χ2v) is 6.73. The van der Waals surface area contributed by atoms with Crippen LogP contribution in [0.2, 0.25) is 0 Å². The number of nitrogens with zero attached hydrogens (tertiary/aromatic N) is 3. The van der Waals surface area contributed by atoms with Crippen LogP contribution in [0.5, 0.6) is 0 Å². The van der Waals surface area contributed by atoms with E-state index in [1.165, 1.54) is 11.8 Å². The molecule has 0 spiro atoms. The van der Waals surface area contributed by atoms with Crippen molar-refractivity contribution in [2.75, 3.05) is 31.1 Å². The van der Waals surface area contributed by atoms with Crippen LogP contribution in [-0.4, -0.2) is 66.1 Å². The minimum Gasteiger partial charge on any atom is -0.366 e. The third-order valence-corrected chi connectivity index (χ3v) is 4.74. The first kappa shape index (κ1) is 18.5. The van der Waals surface area contributed by atoms with Gasteiger partial charge in [-0.15, -0.1) is 0 Å². The first-order valence-corrected chi connectivity index (χ1v) is 8.60. The van der Waals surface area contributed by atoms with Gasteiger partial charge in [-0.2, -0.15) is 0 Å². The lowest BCUT2D eigenvalue weighted by atomic mass is 10.0. The van der Waals surface area contributed by atoms with E-state index in [0.717, 1.165) is 6.42 Å². The molecule has 0 aliphatic carbocycles. The number of alkyl halides is 2. The van der Waals surface area contributed by atoms with E-state index in [9.17, 15) is 18.4 Å². The summed E-state index contributed by atoms with van der Waals surface area (Å²) in [5, 5.41) is 2.69. The lowest BCUT2D eigenvalue weighted by Gasteiger charge is -2.40. The summed E-state index contributed by atoms with van der Waals surface area (Å²) >= 11 is 0. The van der Waals surface area contributed by atoms with E-state index in [2.05, 4.69) is 10.3 Å². The largest absolute Gasteiger partial charge is 0.366 e. The normalized spacial score (nSPS) is 26.9. The number of halogens is 2. The molecule has 142 valence electrons. The minimum atomic E-state index is -2.70. The highest BCUT2D eigenvalue weighted by Gasteiger charge is 2.42. The molecule has 2 unspecified atom stereocenters. The van der Waals surface area contributed by atoms with Gasteiger partial charge in [-0.3, -0.25) is 9.78 Å². The van der Waals surface area contributed by atoms with E-state index in [0.29, 0.717) is 18.7 Å². The summed E-state index contributed by atoms with van der Waals surface area (Å²) in [6.45, 7) is 1.87. The van der Waals surface area contributed by atoms with Crippen LogP contribution in [0.25, 0.3) is 0 Å². The Morgan fingerprint density at radius 1 is 1.46 bits per heavy atom. The predicted molar refractivity (Wildman–Crippen MR) is 90.1 cm³/mol. The number of ether oxygens (including phenoxy) is 1. The number of piperidine rings is 1. The standard InChI is InChI=1S/C17H22F2N4O3/c1-17(15(18)19)11-22(8-9-26-17)16(25)21-13-5-3-7-23(14(13)24)12-4-2-6-20-10-12/h2,4,6,10,13,15H,3,5,7-9,11H2,1H3,(H,21,25). The van der Waals surface area contributed by atoms with E-state index in [1.54, 1.807) is 29.4 Å². The summed E-state index contributed by atoms with van der Waals surface area (Å²) in [5.41, 5.74) is -1.01. The van der Waals surface area contributed by atoms with Crippen molar-refractivity contribution in [1.29, 1.82) is 0 Å². The van der Waals surface area contributed by atoms with E-state index >= 15 is 0 Å². The van der Waals surface area contributed by atoms with Gasteiger partial charge in [-0.1, -0.05) is 0 Å². The molecule has 2 aliphatic heterocycles. The number of amides is 3. The minimum absolute atomic E-state index is 0.0364. The number of urea groups is 1. The van der Waals surface area contributed by atoms with Crippen LogP contribution in [0.4, 0.5) is 19.3 Å². The number of rotatable bonds is 3. The van der Waals surface area contributed by atoms with Crippen LogP contribution in [0, 0.1) is 0 Å². The van der Waals surface area contributed by atoms with Crippen molar-refractivity contribution in [3.8, 4) is 0 Å². The van der Waals surface area contributed by atoms with Crippen molar-refractivity contribution in [1.82, 2.24) is 15.2 Å². The highest BCUT2D eigenvalue weighted by molar-refractivity contribution is 5.99. The quantitative estimate of drug-likeness (QED) is 0.880. The van der Waals surface area contributed by atoms with Gasteiger partial charge in [0.1, 0.15) is 11.6 Å². The fourth-order valence-electron chi connectivity index (χ4n) is 3.22. The molecular weight excluding hydrogens is 346 g/mol. The zero-order valence-electron chi connectivity index (χ0n) is 14.5. The van der Waals surface area contributed by atoms with Crippen LogP contribution in [0.15, 0.2) is 24.5 Å². The van der Waals surface area contributed by atoms with Crippen molar-refractivity contribution >= 4 is 17.6 Å². The number of morpholine rings is 1. The summed E-state index contributed by atoms with van der Waals surface area (Å²) in [5.74, 6) is -0.220. The maximum Gasteiger partial charge on any atom is 0.318 e. The Kier molecular flexibility index (Phi) is 5.36. The van der Waals surface area contributed by atoms with Gasteiger partial charge in [0.05, 0.1) is 25.0 Å². The van der Waals surface area contributed by atoms with Gasteiger partial charge in [-0.25, -0.2) is 13.6 Å². The van der Waals surface area contributed by atoms with Crippen LogP contribution in [0.1, 0.15) is 19.8 Å². The molecule has 2 atom stereocenters. The summed E-state index contributed by atoms with van der Waals surface area (Å²) < 4.78 is 31.4. The average molecular weight is 368 g/mol. The molecule has 3 amide bonds. The zero-order chi connectivity index (χ0) is 18.7. The van der Waals surface area contributed by atoms with Gasteiger partial charge in [0.15, 0.2) is 0 Å². The lowest BCUT2D eigenvalue weighted by molar-refractivity contribution is -0.162. The van der Waals surface area contributed by atoms with Crippen LogP contribution in [0.3, 0.4) is 0 Å². The number of pyridine rings is 1. The number of hydrogen-bond acceptors (Lipinski definition) is 4. The third kappa shape index (κ3) is 3.77. The van der Waals surface area contributed by atoms with Crippen molar-refractivity contribution in [3.05, 3.63) is 24.5 Å². The molecule has 0 saturated carbocycles. The van der Waals surface area contributed by atoms with Crippen molar-refractivity contribution in [2.24, 2.45) is 0 Å². The molecule has 1 aromatic rings. The number of anilines is 1. The topological polar surface area (TPSA) is 74.8 Å². The van der Waals surface area contributed by atoms with Crippen molar-refractivity contribution in [3.63, 3.8) is 0 Å². The summed E-state index contributed by atoms with van der Waals surface area (Å²) in [6.07, 6.45) is 1.75. The molecule has 2 aliphatic rings. The zero-order valence-corrected chi connectivity index (χ0v) is 14.5. The maximum absolute atomic E-state index is 13.2. The third-order valence-electron chi connectivity index (χ3n) is 4.74. The number of aromatic nitrogens is 1. The first-order valence-electron chi connectivity index (χ1n) is 8.60. The number of hydrogen-bond donors (Lipinski definition) is 1. The van der Waals surface area contributed by atoms with E-state index < -0.39 is 24.1 Å². The van der Waals surface area contributed by atoms with Gasteiger partial charge < -0.3 is 19.9 Å². The highest BCUT2D eigenvalue weighted by Crippen LogP contribution is 2.25. The van der Waals surface area contributed by atoms with Crippen molar-refractivity contribution in [2.45, 2.75) is 37.8 Å². The molecule has 0 bridgehead atoms. The van der Waals surface area contributed by atoms with E-state index in [4.69, 9.17) is 4.74 Å². The van der Waals surface area contributed by atoms with Gasteiger partial charge in [0, 0.05) is 19.3 Å². The first-order chi connectivity index (χ1) is 12.4. The Morgan fingerprint density at radius 2 is 2.27 bits per heavy atom. The molecular formula is C17H22F2N4O3. The van der Waals surface area contributed by atoms with Gasteiger partial charge in [0.25, 0.3) is 6.43 Å². The Hall–Kier alpha value is -2.29. The molecule has 1 N–H and O–H groups in total. The molecule has 0 aromatic carbocycles. The molecule has 3 heterocycles. The molecule has 2 saturated heterocycles. The van der Waals surface area contributed by atoms with Crippen molar-refractivity contribution < 1.29 is 23.1 Å². The fourth-order valence-corrected chi connectivity index (χ4v) is 3.22. The Morgan fingerprint density at radius 3 is 2.96 bits per heavy atom. The van der Waals surface area contributed by atoms with Crippen LogP contribution in [-0.2, 0) is 9.53 Å². The SMILES string of the molecule is CC1(C(F)F)CN(C(=O)NC2CCCN(c3cccnc3)C2=O)CCO1. The number of carbonyl (C=O) groups excluding carboxylic acids is 2. The van der Waals surface area contributed by atoms with Gasteiger partial charge in [-0.05, 0) is 31.9 Å². The number of nitrogens with one attached hydrogen (secondary N) is 1. The Bertz CT molecular complexity index is 661. The molecule has 3 rings (SSSR count). The molecule has 7 nitrogen and oxygen atoms in total. The summed E-state index contributed by atoms with van der Waals surface area (Å²) in [4.78, 5) is 32.1. The molecule has 1 aromatic heterocycles. The second kappa shape index (κ2) is 7.53. The van der Waals surface area contributed by atoms with Gasteiger partial charge >= 0.3 is 6.03 Å². The highest BCUT2D eigenvalue weighted by atomic mass is 19.3. The van der Waals surface area contributed by atoms with E-state index in [1.807, 2.05) is 0 Å². The Balaban J connectivity index is 1.64. The van der Waals surface area contributed by atoms with E-state index in [-0.39, 0.29) is 25.6 Å². The smallest absolute Gasteiger partial charge is 0.318 e. The fraction of sp³-hybridized carbons (Fsp3) is 0.588. The van der Waals surface area contributed by atoms with Gasteiger partial charge in [0.2, 0.25) is 5.91 Å². The van der Waals surface area contributed by atoms with Crippen LogP contribution >= 0.6 is 0 Å².